The van der Waals surface area contributed by atoms with Crippen molar-refractivity contribution in [2.75, 3.05) is 18.6 Å². The molecule has 1 aromatic heterocycles. The van der Waals surface area contributed by atoms with Crippen LogP contribution >= 0.6 is 11.3 Å². The molecular formula is C26H23N3O5S. The van der Waals surface area contributed by atoms with Crippen LogP contribution in [0.25, 0.3) is 0 Å². The number of ketones is 1. The van der Waals surface area contributed by atoms with Gasteiger partial charge in [0.05, 0.1) is 52.5 Å². The number of rotatable bonds is 7. The minimum absolute atomic E-state index is 0.0428. The van der Waals surface area contributed by atoms with Gasteiger partial charge in [-0.05, 0) is 62.7 Å². The molecule has 4 rings (SSSR count). The van der Waals surface area contributed by atoms with Crippen LogP contribution in [-0.4, -0.2) is 35.5 Å². The standard InChI is InChI=1S/C26H23N3O5S/c1-5-34-20-12-17(8-11-19(20)33-4)22-21(23(30)25-14(2)28-15(3)35-25)24(31)26(32)29(22)18-9-6-16(13-27)7-10-18/h6-12,22,31H,5H2,1-4H3. The smallest absolute Gasteiger partial charge is 0.294 e. The monoisotopic (exact) mass is 489 g/mol. The minimum atomic E-state index is -0.935. The SMILES string of the molecule is CCOc1cc(C2C(C(=O)c3sc(C)nc3C)=C(O)C(=O)N2c2ccc(C#N)cc2)ccc1OC. The molecular weight excluding hydrogens is 466 g/mol. The van der Waals surface area contributed by atoms with Crippen molar-refractivity contribution < 1.29 is 24.2 Å². The summed E-state index contributed by atoms with van der Waals surface area (Å²) in [5.74, 6) is -0.851. The number of aromatic nitrogens is 1. The molecule has 1 N–H and O–H groups in total. The Morgan fingerprint density at radius 3 is 2.49 bits per heavy atom. The number of thiazole rings is 1. The van der Waals surface area contributed by atoms with E-state index in [0.717, 1.165) is 0 Å². The number of hydrogen-bond donors (Lipinski definition) is 1. The second-order valence-electron chi connectivity index (χ2n) is 7.82. The summed E-state index contributed by atoms with van der Waals surface area (Å²) >= 11 is 1.21. The van der Waals surface area contributed by atoms with Crippen molar-refractivity contribution in [1.82, 2.24) is 4.98 Å². The first-order chi connectivity index (χ1) is 16.8. The highest BCUT2D eigenvalue weighted by molar-refractivity contribution is 7.14. The van der Waals surface area contributed by atoms with E-state index in [0.29, 0.717) is 50.5 Å². The molecule has 3 aromatic rings. The lowest BCUT2D eigenvalue weighted by atomic mass is 9.94. The maximum Gasteiger partial charge on any atom is 0.294 e. The Bertz CT molecular complexity index is 1380. The van der Waals surface area contributed by atoms with Gasteiger partial charge in [0.15, 0.2) is 17.3 Å². The molecule has 0 radical (unpaired) electrons. The molecule has 1 atom stereocenters. The summed E-state index contributed by atoms with van der Waals surface area (Å²) in [7, 11) is 1.52. The van der Waals surface area contributed by atoms with Gasteiger partial charge in [-0.3, -0.25) is 14.5 Å². The van der Waals surface area contributed by atoms with Crippen molar-refractivity contribution in [3.05, 3.63) is 80.5 Å². The van der Waals surface area contributed by atoms with Crippen molar-refractivity contribution in [3.63, 3.8) is 0 Å². The lowest BCUT2D eigenvalue weighted by Gasteiger charge is -2.27. The zero-order valence-corrected chi connectivity index (χ0v) is 20.5. The molecule has 0 spiro atoms. The van der Waals surface area contributed by atoms with Crippen LogP contribution in [0.1, 0.15) is 44.5 Å². The molecule has 8 nitrogen and oxygen atoms in total. The third-order valence-electron chi connectivity index (χ3n) is 5.64. The Morgan fingerprint density at radius 2 is 1.91 bits per heavy atom. The highest BCUT2D eigenvalue weighted by Crippen LogP contribution is 2.44. The van der Waals surface area contributed by atoms with Crippen LogP contribution in [-0.2, 0) is 4.79 Å². The fraction of sp³-hybridized carbons (Fsp3) is 0.231. The summed E-state index contributed by atoms with van der Waals surface area (Å²) in [5.41, 5.74) is 1.89. The number of anilines is 1. The Hall–Kier alpha value is -4.16. The number of aryl methyl sites for hydroxylation is 2. The van der Waals surface area contributed by atoms with E-state index < -0.39 is 23.5 Å². The molecule has 0 fully saturated rings. The quantitative estimate of drug-likeness (QED) is 0.473. The Kier molecular flexibility index (Phi) is 6.58. The van der Waals surface area contributed by atoms with Crippen molar-refractivity contribution in [1.29, 1.82) is 5.26 Å². The topological polar surface area (TPSA) is 113 Å². The number of benzene rings is 2. The zero-order chi connectivity index (χ0) is 25.3. The predicted molar refractivity (Wildman–Crippen MR) is 131 cm³/mol. The van der Waals surface area contributed by atoms with Gasteiger partial charge < -0.3 is 14.6 Å². The number of hydrogen-bond acceptors (Lipinski definition) is 8. The number of nitrogens with zero attached hydrogens (tertiary/aromatic N) is 3. The van der Waals surface area contributed by atoms with Gasteiger partial charge in [0.2, 0.25) is 5.78 Å². The van der Waals surface area contributed by atoms with Crippen LogP contribution < -0.4 is 14.4 Å². The lowest BCUT2D eigenvalue weighted by molar-refractivity contribution is -0.117. The normalized spacial score (nSPS) is 15.3. The van der Waals surface area contributed by atoms with Gasteiger partial charge in [0.1, 0.15) is 0 Å². The number of carbonyl (C=O) groups excluding carboxylic acids is 2. The van der Waals surface area contributed by atoms with Crippen LogP contribution in [0.5, 0.6) is 11.5 Å². The summed E-state index contributed by atoms with van der Waals surface area (Å²) in [5, 5.41) is 20.8. The van der Waals surface area contributed by atoms with E-state index in [1.807, 2.05) is 13.0 Å². The van der Waals surface area contributed by atoms with Gasteiger partial charge in [0.25, 0.3) is 5.91 Å². The number of carbonyl (C=O) groups is 2. The molecule has 178 valence electrons. The molecule has 2 aromatic carbocycles. The molecule has 0 bridgehead atoms. The van der Waals surface area contributed by atoms with Crippen LogP contribution in [0.2, 0.25) is 0 Å². The van der Waals surface area contributed by atoms with Crippen molar-refractivity contribution in [2.24, 2.45) is 0 Å². The predicted octanol–water partition coefficient (Wildman–Crippen LogP) is 4.82. The molecule has 0 saturated heterocycles. The maximum atomic E-state index is 13.7. The van der Waals surface area contributed by atoms with Crippen LogP contribution in [0, 0.1) is 25.2 Å². The summed E-state index contributed by atoms with van der Waals surface area (Å²) in [4.78, 5) is 33.1. The second-order valence-corrected chi connectivity index (χ2v) is 9.02. The van der Waals surface area contributed by atoms with Gasteiger partial charge in [-0.1, -0.05) is 6.07 Å². The summed E-state index contributed by atoms with van der Waals surface area (Å²) in [6.45, 7) is 5.73. The second kappa shape index (κ2) is 9.60. The Labute approximate surface area is 206 Å². The average Bonchev–Trinajstić information content (AvgIpc) is 3.33. The van der Waals surface area contributed by atoms with E-state index in [2.05, 4.69) is 4.98 Å². The first-order valence-corrected chi connectivity index (χ1v) is 11.7. The summed E-state index contributed by atoms with van der Waals surface area (Å²) in [6, 6.07) is 12.6. The van der Waals surface area contributed by atoms with Gasteiger partial charge in [-0.15, -0.1) is 11.3 Å². The van der Waals surface area contributed by atoms with Crippen molar-refractivity contribution in [3.8, 4) is 17.6 Å². The molecule has 1 aliphatic heterocycles. The largest absolute Gasteiger partial charge is 0.503 e. The highest BCUT2D eigenvalue weighted by atomic mass is 32.1. The van der Waals surface area contributed by atoms with E-state index in [1.165, 1.54) is 23.3 Å². The van der Waals surface area contributed by atoms with Crippen LogP contribution in [0.15, 0.2) is 53.8 Å². The highest BCUT2D eigenvalue weighted by Gasteiger charge is 2.45. The number of Topliss-reactive ketones (excluding diaryl/α,β-unsaturated/α-hetero) is 1. The number of nitriles is 1. The molecule has 0 aliphatic carbocycles. The molecule has 1 aliphatic rings. The Balaban J connectivity index is 1.91. The van der Waals surface area contributed by atoms with Crippen molar-refractivity contribution in [2.45, 2.75) is 26.8 Å². The number of amides is 1. The fourth-order valence-electron chi connectivity index (χ4n) is 4.11. The van der Waals surface area contributed by atoms with Crippen molar-refractivity contribution >= 4 is 28.7 Å². The number of aliphatic hydroxyl groups excluding tert-OH is 1. The van der Waals surface area contributed by atoms with E-state index >= 15 is 0 Å². The molecule has 9 heteroatoms. The van der Waals surface area contributed by atoms with E-state index in [1.54, 1.807) is 56.3 Å². The molecule has 35 heavy (non-hydrogen) atoms. The zero-order valence-electron chi connectivity index (χ0n) is 19.7. The van der Waals surface area contributed by atoms with Gasteiger partial charge in [-0.25, -0.2) is 4.98 Å². The van der Waals surface area contributed by atoms with Gasteiger partial charge in [0, 0.05) is 5.69 Å². The fourth-order valence-corrected chi connectivity index (χ4v) is 4.99. The van der Waals surface area contributed by atoms with Crippen LogP contribution in [0.3, 0.4) is 0 Å². The Morgan fingerprint density at radius 1 is 1.20 bits per heavy atom. The molecule has 1 unspecified atom stereocenters. The van der Waals surface area contributed by atoms with Gasteiger partial charge >= 0.3 is 0 Å². The third-order valence-corrected chi connectivity index (χ3v) is 6.71. The lowest BCUT2D eigenvalue weighted by Crippen LogP contribution is -2.31. The van der Waals surface area contributed by atoms with E-state index in [9.17, 15) is 14.7 Å². The number of methoxy groups -OCH3 is 1. The maximum absolute atomic E-state index is 13.7. The average molecular weight is 490 g/mol. The molecule has 0 saturated carbocycles. The van der Waals surface area contributed by atoms with Crippen LogP contribution in [0.4, 0.5) is 5.69 Å². The number of ether oxygens (including phenoxy) is 2. The summed E-state index contributed by atoms with van der Waals surface area (Å²) < 4.78 is 11.1. The first kappa shape index (κ1) is 24.0. The van der Waals surface area contributed by atoms with E-state index in [-0.39, 0.29) is 5.57 Å². The molecule has 1 amide bonds. The molecule has 2 heterocycles. The number of aliphatic hydroxyl groups is 1. The van der Waals surface area contributed by atoms with Gasteiger partial charge in [-0.2, -0.15) is 5.26 Å². The first-order valence-electron chi connectivity index (χ1n) is 10.9. The van der Waals surface area contributed by atoms with E-state index in [4.69, 9.17) is 14.7 Å². The summed E-state index contributed by atoms with van der Waals surface area (Å²) in [6.07, 6.45) is 0. The minimum Gasteiger partial charge on any atom is -0.503 e. The third kappa shape index (κ3) is 4.24.